The quantitative estimate of drug-likeness (QED) is 0.0385. The molecule has 2 aromatic heterocycles. The maximum Gasteiger partial charge on any atom is 0.614 e. The van der Waals surface area contributed by atoms with Crippen LogP contribution >= 0.6 is 15.9 Å². The SMILES string of the molecule is CCC(CC)COC(=O)[C@H](C)N[P+](=O)OCc1c[n+](C2CCCc3c(OP(=O)(N[C@@H](C)C(=O)OC(C)C)OCc4cnc(C)c(O)c4CN)cccc32)c(C)c(O)c1CN. The van der Waals surface area contributed by atoms with E-state index in [1.165, 1.54) is 13.1 Å². The summed E-state index contributed by atoms with van der Waals surface area (Å²) in [7, 11) is -6.89. The molecule has 5 atom stereocenters. The number of nitrogens with one attached hydrogen (secondary N) is 2. The minimum absolute atomic E-state index is 0.0229. The summed E-state index contributed by atoms with van der Waals surface area (Å²) < 4.78 is 58.2. The van der Waals surface area contributed by atoms with Gasteiger partial charge in [0.05, 0.1) is 30.6 Å². The van der Waals surface area contributed by atoms with Crippen molar-refractivity contribution in [3.05, 3.63) is 75.4 Å². The maximum absolute atomic E-state index is 14.7. The maximum atomic E-state index is 14.7. The summed E-state index contributed by atoms with van der Waals surface area (Å²) in [5.74, 6) is -0.846. The van der Waals surface area contributed by atoms with Gasteiger partial charge in [0.2, 0.25) is 5.69 Å². The molecule has 1 aliphatic carbocycles. The Bertz CT molecular complexity index is 2050. The number of rotatable bonds is 22. The summed E-state index contributed by atoms with van der Waals surface area (Å²) in [6.07, 6.45) is 6.49. The molecule has 330 valence electrons. The lowest BCUT2D eigenvalue weighted by Crippen LogP contribution is -2.45. The highest BCUT2D eigenvalue weighted by Crippen LogP contribution is 2.49. The van der Waals surface area contributed by atoms with Gasteiger partial charge in [-0.1, -0.05) is 43.9 Å². The summed E-state index contributed by atoms with van der Waals surface area (Å²) in [6, 6.07) is 3.01. The molecule has 0 amide bonds. The molecular formula is C41H62N6O11P2+2. The third-order valence-corrected chi connectivity index (χ3v) is 13.1. The first-order chi connectivity index (χ1) is 28.5. The molecule has 3 unspecified atom stereocenters. The van der Waals surface area contributed by atoms with Gasteiger partial charge in [0.25, 0.3) is 0 Å². The largest absolute Gasteiger partial charge is 0.614 e. The van der Waals surface area contributed by atoms with Crippen LogP contribution in [-0.2, 0) is 70.0 Å². The number of ether oxygens (including phenoxy) is 2. The van der Waals surface area contributed by atoms with E-state index in [9.17, 15) is 28.9 Å². The van der Waals surface area contributed by atoms with Gasteiger partial charge in [-0.15, -0.1) is 4.52 Å². The fraction of sp³-hybridized carbons (Fsp3) is 0.561. The van der Waals surface area contributed by atoms with Crippen molar-refractivity contribution in [1.82, 2.24) is 15.2 Å². The summed E-state index contributed by atoms with van der Waals surface area (Å²) in [5.41, 5.74) is 16.1. The van der Waals surface area contributed by atoms with Gasteiger partial charge >= 0.3 is 27.9 Å². The van der Waals surface area contributed by atoms with Gasteiger partial charge in [0.15, 0.2) is 18.0 Å². The molecule has 0 saturated heterocycles. The molecule has 2 heterocycles. The number of hydrogen-bond donors (Lipinski definition) is 6. The zero-order valence-corrected chi connectivity index (χ0v) is 37.6. The molecule has 60 heavy (non-hydrogen) atoms. The normalized spacial score (nSPS) is 16.2. The number of aromatic hydroxyl groups is 2. The van der Waals surface area contributed by atoms with E-state index >= 15 is 0 Å². The lowest BCUT2D eigenvalue weighted by Gasteiger charge is -2.28. The van der Waals surface area contributed by atoms with Crippen LogP contribution in [0.3, 0.4) is 0 Å². The number of nitrogens with two attached hydrogens (primary N) is 2. The van der Waals surface area contributed by atoms with Crippen molar-refractivity contribution in [3.63, 3.8) is 0 Å². The zero-order valence-electron chi connectivity index (χ0n) is 35.9. The molecule has 0 fully saturated rings. The molecule has 17 nitrogen and oxygen atoms in total. The molecular weight excluding hydrogens is 814 g/mol. The van der Waals surface area contributed by atoms with Crippen molar-refractivity contribution in [2.45, 2.75) is 138 Å². The van der Waals surface area contributed by atoms with E-state index in [0.29, 0.717) is 52.9 Å². The first kappa shape index (κ1) is 48.6. The average Bonchev–Trinajstić information content (AvgIpc) is 3.21. The third kappa shape index (κ3) is 12.3. The Labute approximate surface area is 353 Å². The van der Waals surface area contributed by atoms with E-state index in [2.05, 4.69) is 15.2 Å². The van der Waals surface area contributed by atoms with E-state index in [1.54, 1.807) is 52.9 Å². The van der Waals surface area contributed by atoms with Gasteiger partial charge in [-0.3, -0.25) is 19.1 Å². The number of carbonyl (C=O) groups excluding carboxylic acids is 2. The molecule has 0 aliphatic heterocycles. The lowest BCUT2D eigenvalue weighted by molar-refractivity contribution is -0.721. The van der Waals surface area contributed by atoms with Crippen molar-refractivity contribution < 1.29 is 56.5 Å². The zero-order chi connectivity index (χ0) is 44.3. The van der Waals surface area contributed by atoms with Gasteiger partial charge < -0.3 is 35.7 Å². The summed E-state index contributed by atoms with van der Waals surface area (Å²) in [4.78, 5) is 29.6. The first-order valence-electron chi connectivity index (χ1n) is 20.4. The molecule has 1 aliphatic rings. The molecule has 1 aromatic carbocycles. The second-order valence-electron chi connectivity index (χ2n) is 15.2. The second kappa shape index (κ2) is 22.2. The lowest BCUT2D eigenvalue weighted by atomic mass is 9.86. The van der Waals surface area contributed by atoms with Crippen molar-refractivity contribution in [2.75, 3.05) is 6.61 Å². The highest BCUT2D eigenvalue weighted by molar-refractivity contribution is 7.52. The summed E-state index contributed by atoms with van der Waals surface area (Å²) >= 11 is 0. The highest BCUT2D eigenvalue weighted by Gasteiger charge is 2.38. The monoisotopic (exact) mass is 876 g/mol. The van der Waals surface area contributed by atoms with Gasteiger partial charge in [-0.2, -0.15) is 9.65 Å². The summed E-state index contributed by atoms with van der Waals surface area (Å²) in [6.45, 7) is 13.6. The number of fused-ring (bicyclic) bond motifs is 1. The van der Waals surface area contributed by atoms with Gasteiger partial charge in [-0.05, 0) is 64.0 Å². The van der Waals surface area contributed by atoms with E-state index in [4.69, 9.17) is 34.5 Å². The van der Waals surface area contributed by atoms with Crippen LogP contribution in [0.25, 0.3) is 0 Å². The number of carbonyl (C=O) groups is 2. The Morgan fingerprint density at radius 1 is 1.00 bits per heavy atom. The fourth-order valence-electron chi connectivity index (χ4n) is 6.94. The molecule has 0 spiro atoms. The van der Waals surface area contributed by atoms with Crippen LogP contribution < -0.4 is 30.7 Å². The van der Waals surface area contributed by atoms with Crippen molar-refractivity contribution in [3.8, 4) is 17.2 Å². The number of hydrogen-bond acceptors (Lipinski definition) is 14. The van der Waals surface area contributed by atoms with Crippen LogP contribution in [0.15, 0.2) is 30.6 Å². The topological polar surface area (TPSA) is 248 Å². The number of nitrogens with zero attached hydrogens (tertiary/aromatic N) is 2. The highest BCUT2D eigenvalue weighted by atomic mass is 31.2. The number of benzene rings is 1. The molecule has 3 aromatic rings. The molecule has 0 saturated carbocycles. The van der Waals surface area contributed by atoms with Gasteiger partial charge in [-0.25, -0.2) is 4.57 Å². The number of esters is 2. The molecule has 0 radical (unpaired) electrons. The van der Waals surface area contributed by atoms with Crippen molar-refractivity contribution in [2.24, 2.45) is 17.4 Å². The molecule has 8 N–H and O–H groups in total. The molecule has 4 rings (SSSR count). The number of pyridine rings is 2. The van der Waals surface area contributed by atoms with Crippen LogP contribution in [0.4, 0.5) is 0 Å². The third-order valence-electron chi connectivity index (χ3n) is 10.6. The van der Waals surface area contributed by atoms with E-state index in [0.717, 1.165) is 24.0 Å². The fourth-order valence-corrected chi connectivity index (χ4v) is 9.19. The predicted octanol–water partition coefficient (Wildman–Crippen LogP) is 6.01. The van der Waals surface area contributed by atoms with Crippen LogP contribution in [0.2, 0.25) is 0 Å². The number of aryl methyl sites for hydroxylation is 1. The van der Waals surface area contributed by atoms with Crippen LogP contribution in [-0.4, -0.2) is 51.9 Å². The smallest absolute Gasteiger partial charge is 0.506 e. The Morgan fingerprint density at radius 2 is 1.68 bits per heavy atom. The predicted molar refractivity (Wildman–Crippen MR) is 224 cm³/mol. The summed E-state index contributed by atoms with van der Waals surface area (Å²) in [5, 5.41) is 27.4. The Kier molecular flexibility index (Phi) is 18.0. The number of aromatic nitrogens is 2. The average molecular weight is 877 g/mol. The molecule has 0 bridgehead atoms. The van der Waals surface area contributed by atoms with Crippen LogP contribution in [0, 0.1) is 19.8 Å². The van der Waals surface area contributed by atoms with E-state index in [1.807, 2.05) is 24.5 Å². The molecule has 19 heteroatoms. The Morgan fingerprint density at radius 3 is 2.33 bits per heavy atom. The Hall–Kier alpha value is -4.05. The van der Waals surface area contributed by atoms with Crippen molar-refractivity contribution >= 4 is 27.9 Å². The van der Waals surface area contributed by atoms with Gasteiger partial charge in [0.1, 0.15) is 30.2 Å². The minimum Gasteiger partial charge on any atom is -0.506 e. The minimum atomic E-state index is -4.38. The second-order valence-corrected chi connectivity index (χ2v) is 17.9. The van der Waals surface area contributed by atoms with Gasteiger partial charge in [0, 0.05) is 60.4 Å². The standard InChI is InChI=1S/C41H60N6O11P2/c1-9-29(10-2)21-54-40(50)26(6)45-59(52)55-22-31-20-47(28(8)39(49)35(31)18-43)36-15-11-14-33-32(36)13-12-16-37(33)58-60(53,46-27(7)41(51)57-24(3)4)56-23-30-19-44-25(5)38(48)34(30)17-42/h12-13,16,19-20,24,26-27,29,36H,9-11,14-15,17-18,21-23,42-43H2,1-8H3,(H2-2,45,46,48,49,52,53)/p+2/t26-,27-,36?,60?/m0/s1. The van der Waals surface area contributed by atoms with Crippen molar-refractivity contribution in [1.29, 1.82) is 0 Å². The first-order valence-corrected chi connectivity index (χ1v) is 23.1. The van der Waals surface area contributed by atoms with Crippen LogP contribution in [0.1, 0.15) is 118 Å². The Balaban J connectivity index is 1.63. The van der Waals surface area contributed by atoms with Crippen LogP contribution in [0.5, 0.6) is 17.2 Å². The van der Waals surface area contributed by atoms with E-state index in [-0.39, 0.29) is 62.1 Å². The van der Waals surface area contributed by atoms with E-state index < -0.39 is 46.1 Å².